The summed E-state index contributed by atoms with van der Waals surface area (Å²) in [7, 11) is 0. The number of nitrogens with zero attached hydrogens (tertiary/aromatic N) is 2. The summed E-state index contributed by atoms with van der Waals surface area (Å²) in [4.78, 5) is 4.43. The maximum absolute atomic E-state index is 13.7. The van der Waals surface area contributed by atoms with E-state index in [2.05, 4.69) is 4.98 Å². The molecule has 96 valence electrons. The average Bonchev–Trinajstić information content (AvgIpc) is 2.46. The smallest absolute Gasteiger partial charge is 0.141 e. The van der Waals surface area contributed by atoms with Gasteiger partial charge in [0.2, 0.25) is 0 Å². The van der Waals surface area contributed by atoms with Gasteiger partial charge in [-0.3, -0.25) is 4.98 Å². The van der Waals surface area contributed by atoms with Gasteiger partial charge in [-0.1, -0.05) is 24.3 Å². The van der Waals surface area contributed by atoms with Gasteiger partial charge in [-0.05, 0) is 36.8 Å². The van der Waals surface area contributed by atoms with Crippen LogP contribution < -0.4 is 0 Å². The first-order chi connectivity index (χ1) is 9.69. The van der Waals surface area contributed by atoms with Crippen molar-refractivity contribution >= 4 is 10.9 Å². The van der Waals surface area contributed by atoms with E-state index in [0.29, 0.717) is 5.56 Å². The predicted molar refractivity (Wildman–Crippen MR) is 76.6 cm³/mol. The lowest BCUT2D eigenvalue weighted by atomic mass is 9.98. The minimum Gasteiger partial charge on any atom is -0.253 e. The van der Waals surface area contributed by atoms with E-state index in [4.69, 9.17) is 5.26 Å². The summed E-state index contributed by atoms with van der Waals surface area (Å²) >= 11 is 0. The number of benzene rings is 2. The van der Waals surface area contributed by atoms with Crippen molar-refractivity contribution in [2.24, 2.45) is 0 Å². The molecule has 0 N–H and O–H groups in total. The molecule has 0 amide bonds. The summed E-state index contributed by atoms with van der Waals surface area (Å²) < 4.78 is 13.7. The third kappa shape index (κ3) is 2.02. The van der Waals surface area contributed by atoms with Gasteiger partial charge in [-0.2, -0.15) is 5.26 Å². The maximum Gasteiger partial charge on any atom is 0.141 e. The van der Waals surface area contributed by atoms with E-state index in [-0.39, 0.29) is 5.56 Å². The van der Waals surface area contributed by atoms with E-state index < -0.39 is 5.82 Å². The van der Waals surface area contributed by atoms with Crippen LogP contribution in [-0.2, 0) is 0 Å². The Morgan fingerprint density at radius 3 is 2.75 bits per heavy atom. The summed E-state index contributed by atoms with van der Waals surface area (Å²) in [5.74, 6) is -0.493. The zero-order valence-electron chi connectivity index (χ0n) is 10.9. The maximum atomic E-state index is 13.7. The van der Waals surface area contributed by atoms with Crippen LogP contribution in [0.25, 0.3) is 22.0 Å². The largest absolute Gasteiger partial charge is 0.253 e. The lowest BCUT2D eigenvalue weighted by molar-refractivity contribution is 0.624. The van der Waals surface area contributed by atoms with Crippen LogP contribution in [0.2, 0.25) is 0 Å². The molecule has 3 aromatic rings. The number of hydrogen-bond donors (Lipinski definition) is 0. The molecule has 3 rings (SSSR count). The van der Waals surface area contributed by atoms with E-state index in [1.54, 1.807) is 12.1 Å². The second kappa shape index (κ2) is 4.75. The van der Waals surface area contributed by atoms with Crippen molar-refractivity contribution in [1.29, 1.82) is 5.26 Å². The van der Waals surface area contributed by atoms with Gasteiger partial charge in [0, 0.05) is 16.6 Å². The molecule has 0 fully saturated rings. The number of aryl methyl sites for hydroxylation is 1. The number of nitriles is 1. The molecule has 0 aliphatic carbocycles. The molecule has 2 nitrogen and oxygen atoms in total. The predicted octanol–water partition coefficient (Wildman–Crippen LogP) is 4.22. The fraction of sp³-hybridized carbons (Fsp3) is 0.0588. The number of rotatable bonds is 1. The number of fused-ring (bicyclic) bond motifs is 1. The number of hydrogen-bond acceptors (Lipinski definition) is 2. The molecule has 0 bridgehead atoms. The third-order valence-corrected chi connectivity index (χ3v) is 3.26. The SMILES string of the molecule is Cc1ccc2cc(-c3cccc(F)c3C#N)ccc2n1. The molecule has 0 aliphatic heterocycles. The standard InChI is InChI=1S/C17H11FN2/c1-11-5-6-13-9-12(7-8-17(13)20-11)14-3-2-4-16(18)15(14)10-19/h2-9H,1H3. The Balaban J connectivity index is 2.23. The topological polar surface area (TPSA) is 36.7 Å². The van der Waals surface area contributed by atoms with Crippen molar-refractivity contribution in [3.05, 3.63) is 65.6 Å². The summed E-state index contributed by atoms with van der Waals surface area (Å²) in [5, 5.41) is 10.1. The zero-order chi connectivity index (χ0) is 14.1. The first-order valence-electron chi connectivity index (χ1n) is 6.25. The van der Waals surface area contributed by atoms with E-state index in [0.717, 1.165) is 22.2 Å². The van der Waals surface area contributed by atoms with Gasteiger partial charge in [0.15, 0.2) is 0 Å². The highest BCUT2D eigenvalue weighted by atomic mass is 19.1. The van der Waals surface area contributed by atoms with Crippen LogP contribution in [0.3, 0.4) is 0 Å². The highest BCUT2D eigenvalue weighted by molar-refractivity contribution is 5.85. The molecule has 1 heterocycles. The highest BCUT2D eigenvalue weighted by Crippen LogP contribution is 2.27. The third-order valence-electron chi connectivity index (χ3n) is 3.26. The summed E-state index contributed by atoms with van der Waals surface area (Å²) in [6.45, 7) is 1.94. The van der Waals surface area contributed by atoms with E-state index in [1.165, 1.54) is 6.07 Å². The Morgan fingerprint density at radius 2 is 1.95 bits per heavy atom. The molecule has 1 aromatic heterocycles. The number of halogens is 1. The molecule has 20 heavy (non-hydrogen) atoms. The zero-order valence-corrected chi connectivity index (χ0v) is 10.9. The Labute approximate surface area is 116 Å². The monoisotopic (exact) mass is 262 g/mol. The van der Waals surface area contributed by atoms with Crippen LogP contribution in [0.5, 0.6) is 0 Å². The first kappa shape index (κ1) is 12.3. The Hall–Kier alpha value is -2.73. The van der Waals surface area contributed by atoms with Crippen LogP contribution in [0.1, 0.15) is 11.3 Å². The summed E-state index contributed by atoms with van der Waals surface area (Å²) in [6, 6.07) is 16.2. The molecule has 0 saturated carbocycles. The molecule has 3 heteroatoms. The van der Waals surface area contributed by atoms with Crippen molar-refractivity contribution in [1.82, 2.24) is 4.98 Å². The van der Waals surface area contributed by atoms with Gasteiger partial charge >= 0.3 is 0 Å². The van der Waals surface area contributed by atoms with Crippen LogP contribution in [-0.4, -0.2) is 4.98 Å². The van der Waals surface area contributed by atoms with Crippen molar-refractivity contribution < 1.29 is 4.39 Å². The van der Waals surface area contributed by atoms with Gasteiger partial charge in [0.05, 0.1) is 11.1 Å². The molecule has 2 aromatic carbocycles. The number of aromatic nitrogens is 1. The lowest BCUT2D eigenvalue weighted by Gasteiger charge is -2.07. The number of pyridine rings is 1. The van der Waals surface area contributed by atoms with Crippen LogP contribution in [0.4, 0.5) is 4.39 Å². The van der Waals surface area contributed by atoms with Crippen molar-refractivity contribution in [3.63, 3.8) is 0 Å². The molecular formula is C17H11FN2. The summed E-state index contributed by atoms with van der Waals surface area (Å²) in [5.41, 5.74) is 3.35. The molecule has 0 atom stereocenters. The second-order valence-corrected chi connectivity index (χ2v) is 4.63. The Morgan fingerprint density at radius 1 is 1.10 bits per heavy atom. The highest BCUT2D eigenvalue weighted by Gasteiger charge is 2.10. The molecule has 0 spiro atoms. The van der Waals surface area contributed by atoms with E-state index >= 15 is 0 Å². The van der Waals surface area contributed by atoms with E-state index in [9.17, 15) is 4.39 Å². The van der Waals surface area contributed by atoms with Crippen molar-refractivity contribution in [2.75, 3.05) is 0 Å². The average molecular weight is 262 g/mol. The van der Waals surface area contributed by atoms with Crippen LogP contribution in [0.15, 0.2) is 48.5 Å². The van der Waals surface area contributed by atoms with Crippen molar-refractivity contribution in [2.45, 2.75) is 6.92 Å². The van der Waals surface area contributed by atoms with Gasteiger partial charge in [-0.25, -0.2) is 4.39 Å². The fourth-order valence-corrected chi connectivity index (χ4v) is 2.27. The lowest BCUT2D eigenvalue weighted by Crippen LogP contribution is -1.90. The van der Waals surface area contributed by atoms with Crippen molar-refractivity contribution in [3.8, 4) is 17.2 Å². The minimum atomic E-state index is -0.493. The van der Waals surface area contributed by atoms with Gasteiger partial charge in [-0.15, -0.1) is 0 Å². The molecule has 0 unspecified atom stereocenters. The second-order valence-electron chi connectivity index (χ2n) is 4.63. The Kier molecular flexibility index (Phi) is 2.92. The molecule has 0 saturated heterocycles. The van der Waals surface area contributed by atoms with E-state index in [1.807, 2.05) is 43.3 Å². The van der Waals surface area contributed by atoms with Gasteiger partial charge in [0.25, 0.3) is 0 Å². The molecule has 0 aliphatic rings. The first-order valence-corrected chi connectivity index (χ1v) is 6.25. The molecule has 0 radical (unpaired) electrons. The summed E-state index contributed by atoms with van der Waals surface area (Å²) in [6.07, 6.45) is 0. The fourth-order valence-electron chi connectivity index (χ4n) is 2.27. The Bertz CT molecular complexity index is 847. The normalized spacial score (nSPS) is 10.4. The molecular weight excluding hydrogens is 251 g/mol. The quantitative estimate of drug-likeness (QED) is 0.658. The van der Waals surface area contributed by atoms with Crippen LogP contribution >= 0.6 is 0 Å². The van der Waals surface area contributed by atoms with Gasteiger partial charge in [0.1, 0.15) is 11.9 Å². The van der Waals surface area contributed by atoms with Gasteiger partial charge < -0.3 is 0 Å². The van der Waals surface area contributed by atoms with Crippen LogP contribution in [0, 0.1) is 24.1 Å². The minimum absolute atomic E-state index is 0.0759.